The molecule has 2 atom stereocenters. The summed E-state index contributed by atoms with van der Waals surface area (Å²) in [5.74, 6) is 0.325. The zero-order valence-electron chi connectivity index (χ0n) is 12.0. The number of aromatic nitrogens is 1. The molecule has 2 saturated heterocycles. The van der Waals surface area contributed by atoms with E-state index in [-0.39, 0.29) is 11.7 Å². The molecule has 1 aromatic heterocycles. The summed E-state index contributed by atoms with van der Waals surface area (Å²) in [5.41, 5.74) is 1.01. The molecule has 2 aliphatic heterocycles. The monoisotopic (exact) mass is 297 g/mol. The van der Waals surface area contributed by atoms with Gasteiger partial charge in [0.25, 0.3) is 0 Å². The number of aliphatic hydroxyl groups is 1. The van der Waals surface area contributed by atoms with Gasteiger partial charge in [0.05, 0.1) is 16.7 Å². The number of hydrogen-bond donors (Lipinski definition) is 1. The summed E-state index contributed by atoms with van der Waals surface area (Å²) in [7, 11) is 0. The van der Waals surface area contributed by atoms with Crippen molar-refractivity contribution in [1.82, 2.24) is 4.98 Å². The van der Waals surface area contributed by atoms with Gasteiger partial charge in [-0.15, -0.1) is 11.3 Å². The second-order valence-corrected chi connectivity index (χ2v) is 6.99. The van der Waals surface area contributed by atoms with Gasteiger partial charge in [0.1, 0.15) is 0 Å². The average molecular weight is 297 g/mol. The van der Waals surface area contributed by atoms with Crippen LogP contribution < -0.4 is 0 Å². The van der Waals surface area contributed by atoms with Crippen LogP contribution in [0.15, 0.2) is 5.38 Å². The average Bonchev–Trinajstić information content (AvgIpc) is 2.85. The van der Waals surface area contributed by atoms with E-state index < -0.39 is 0 Å². The minimum atomic E-state index is -0.302. The van der Waals surface area contributed by atoms with E-state index in [1.54, 1.807) is 11.3 Å². The third-order valence-electron chi connectivity index (χ3n) is 4.53. The molecule has 0 saturated carbocycles. The minimum absolute atomic E-state index is 0.0407. The van der Waals surface area contributed by atoms with Gasteiger partial charge in [0.2, 0.25) is 0 Å². The first-order valence-electron chi connectivity index (χ1n) is 7.48. The summed E-state index contributed by atoms with van der Waals surface area (Å²) in [5, 5.41) is 13.6. The zero-order chi connectivity index (χ0) is 14.0. The van der Waals surface area contributed by atoms with Crippen molar-refractivity contribution in [2.75, 3.05) is 19.8 Å². The normalized spacial score (nSPS) is 27.6. The summed E-state index contributed by atoms with van der Waals surface area (Å²) in [6.45, 7) is 4.33. The lowest BCUT2D eigenvalue weighted by Crippen LogP contribution is -2.47. The molecule has 112 valence electrons. The molecule has 0 bridgehead atoms. The Kier molecular flexibility index (Phi) is 4.40. The van der Waals surface area contributed by atoms with Gasteiger partial charge in [-0.3, -0.25) is 0 Å². The lowest BCUT2D eigenvalue weighted by Gasteiger charge is -2.44. The third kappa shape index (κ3) is 3.22. The third-order valence-corrected chi connectivity index (χ3v) is 5.52. The van der Waals surface area contributed by atoms with E-state index in [1.807, 2.05) is 12.3 Å². The molecule has 3 rings (SSSR count). The molecule has 2 fully saturated rings. The first kappa shape index (κ1) is 14.4. The lowest BCUT2D eigenvalue weighted by atomic mass is 9.78. The molecule has 3 heterocycles. The number of aryl methyl sites for hydroxylation is 1. The van der Waals surface area contributed by atoms with Crippen LogP contribution in [0.2, 0.25) is 0 Å². The van der Waals surface area contributed by atoms with Gasteiger partial charge in [-0.25, -0.2) is 4.98 Å². The Morgan fingerprint density at radius 2 is 2.25 bits per heavy atom. The Bertz CT molecular complexity index is 437. The molecule has 20 heavy (non-hydrogen) atoms. The van der Waals surface area contributed by atoms with Crippen molar-refractivity contribution in [3.05, 3.63) is 16.1 Å². The van der Waals surface area contributed by atoms with Gasteiger partial charge in [0.15, 0.2) is 0 Å². The van der Waals surface area contributed by atoms with Crippen LogP contribution in [-0.4, -0.2) is 41.6 Å². The molecule has 5 heteroatoms. The van der Waals surface area contributed by atoms with E-state index in [9.17, 15) is 5.11 Å². The fourth-order valence-corrected chi connectivity index (χ4v) is 4.15. The van der Waals surface area contributed by atoms with Crippen molar-refractivity contribution in [1.29, 1.82) is 0 Å². The first-order valence-corrected chi connectivity index (χ1v) is 8.36. The van der Waals surface area contributed by atoms with Gasteiger partial charge in [0, 0.05) is 37.3 Å². The minimum Gasteiger partial charge on any atom is -0.392 e. The molecule has 0 aliphatic carbocycles. The van der Waals surface area contributed by atoms with Crippen molar-refractivity contribution in [2.24, 2.45) is 5.92 Å². The molecular weight excluding hydrogens is 274 g/mol. The predicted molar refractivity (Wildman–Crippen MR) is 78.0 cm³/mol. The summed E-state index contributed by atoms with van der Waals surface area (Å²) < 4.78 is 11.5. The smallest absolute Gasteiger partial charge is 0.0954 e. The van der Waals surface area contributed by atoms with Crippen LogP contribution in [0.5, 0.6) is 0 Å². The van der Waals surface area contributed by atoms with Crippen LogP contribution in [0.4, 0.5) is 0 Å². The van der Waals surface area contributed by atoms with Gasteiger partial charge >= 0.3 is 0 Å². The van der Waals surface area contributed by atoms with Crippen molar-refractivity contribution < 1.29 is 14.6 Å². The largest absolute Gasteiger partial charge is 0.392 e. The Balaban J connectivity index is 1.61. The standard InChI is InChI=1S/C15H23NO3S/c1-11-10-20-14(16-11)8-13(17)12-2-5-19-15(9-12)3-6-18-7-4-15/h10,12-13,17H,2-9H2,1H3. The van der Waals surface area contributed by atoms with E-state index >= 15 is 0 Å². The lowest BCUT2D eigenvalue weighted by molar-refractivity contribution is -0.158. The van der Waals surface area contributed by atoms with E-state index in [1.165, 1.54) is 0 Å². The Morgan fingerprint density at radius 3 is 2.95 bits per heavy atom. The van der Waals surface area contributed by atoms with Crippen molar-refractivity contribution in [3.63, 3.8) is 0 Å². The summed E-state index contributed by atoms with van der Waals surface area (Å²) in [4.78, 5) is 4.46. The van der Waals surface area contributed by atoms with Gasteiger partial charge < -0.3 is 14.6 Å². The number of ether oxygens (including phenoxy) is 2. The number of aliphatic hydroxyl groups excluding tert-OH is 1. The van der Waals surface area contributed by atoms with Crippen LogP contribution in [0.1, 0.15) is 36.4 Å². The van der Waals surface area contributed by atoms with Crippen LogP contribution in [0, 0.1) is 12.8 Å². The van der Waals surface area contributed by atoms with Crippen LogP contribution in [-0.2, 0) is 15.9 Å². The first-order chi connectivity index (χ1) is 9.67. The second kappa shape index (κ2) is 6.10. The molecular formula is C15H23NO3S. The van der Waals surface area contributed by atoms with Crippen molar-refractivity contribution in [2.45, 2.75) is 50.7 Å². The van der Waals surface area contributed by atoms with E-state index in [4.69, 9.17) is 9.47 Å². The maximum atomic E-state index is 10.5. The summed E-state index contributed by atoms with van der Waals surface area (Å²) >= 11 is 1.65. The molecule has 1 aromatic rings. The summed E-state index contributed by atoms with van der Waals surface area (Å²) in [6, 6.07) is 0. The second-order valence-electron chi connectivity index (χ2n) is 6.05. The zero-order valence-corrected chi connectivity index (χ0v) is 12.8. The van der Waals surface area contributed by atoms with E-state index in [0.29, 0.717) is 12.3 Å². The van der Waals surface area contributed by atoms with Crippen LogP contribution in [0.3, 0.4) is 0 Å². The fraction of sp³-hybridized carbons (Fsp3) is 0.800. The highest BCUT2D eigenvalue weighted by atomic mass is 32.1. The maximum absolute atomic E-state index is 10.5. The number of hydrogen-bond acceptors (Lipinski definition) is 5. The van der Waals surface area contributed by atoms with Gasteiger partial charge in [-0.05, 0) is 38.5 Å². The Hall–Kier alpha value is -0.490. The van der Waals surface area contributed by atoms with Gasteiger partial charge in [-0.2, -0.15) is 0 Å². The molecule has 0 aromatic carbocycles. The molecule has 1 spiro atoms. The Labute approximate surface area is 124 Å². The van der Waals surface area contributed by atoms with E-state index in [2.05, 4.69) is 4.98 Å². The van der Waals surface area contributed by atoms with Crippen molar-refractivity contribution in [3.8, 4) is 0 Å². The maximum Gasteiger partial charge on any atom is 0.0954 e. The fourth-order valence-electron chi connectivity index (χ4n) is 3.33. The molecule has 2 unspecified atom stereocenters. The number of rotatable bonds is 3. The highest BCUT2D eigenvalue weighted by molar-refractivity contribution is 7.09. The molecule has 4 nitrogen and oxygen atoms in total. The van der Waals surface area contributed by atoms with Crippen LogP contribution >= 0.6 is 11.3 Å². The molecule has 0 radical (unpaired) electrons. The summed E-state index contributed by atoms with van der Waals surface area (Å²) in [6.07, 6.45) is 4.22. The molecule has 1 N–H and O–H groups in total. The topological polar surface area (TPSA) is 51.6 Å². The SMILES string of the molecule is Cc1csc(CC(O)C2CCOC3(CCOCC3)C2)n1. The number of nitrogens with zero attached hydrogens (tertiary/aromatic N) is 1. The predicted octanol–water partition coefficient (Wildman–Crippen LogP) is 2.33. The number of thiazole rings is 1. The van der Waals surface area contributed by atoms with Crippen molar-refractivity contribution >= 4 is 11.3 Å². The quantitative estimate of drug-likeness (QED) is 0.930. The van der Waals surface area contributed by atoms with Crippen LogP contribution in [0.25, 0.3) is 0 Å². The van der Waals surface area contributed by atoms with Gasteiger partial charge in [-0.1, -0.05) is 0 Å². The van der Waals surface area contributed by atoms with E-state index in [0.717, 1.165) is 56.2 Å². The highest BCUT2D eigenvalue weighted by Gasteiger charge is 2.41. The Morgan fingerprint density at radius 1 is 1.45 bits per heavy atom. The molecule has 2 aliphatic rings. The highest BCUT2D eigenvalue weighted by Crippen LogP contribution is 2.38. The molecule has 0 amide bonds.